The molecule has 29 heavy (non-hydrogen) atoms. The molecule has 0 unspecified atom stereocenters. The van der Waals surface area contributed by atoms with Crippen molar-refractivity contribution in [3.63, 3.8) is 0 Å². The number of likely N-dealkylation sites (tertiary alicyclic amines) is 1. The quantitative estimate of drug-likeness (QED) is 0.698. The van der Waals surface area contributed by atoms with Gasteiger partial charge in [-0.15, -0.1) is 11.3 Å². The van der Waals surface area contributed by atoms with Crippen molar-refractivity contribution < 1.29 is 9.53 Å². The van der Waals surface area contributed by atoms with Crippen LogP contribution in [-0.2, 0) is 13.0 Å². The summed E-state index contributed by atoms with van der Waals surface area (Å²) in [5.74, 6) is 2.04. The summed E-state index contributed by atoms with van der Waals surface area (Å²) < 4.78 is 5.23. The molecule has 5 nitrogen and oxygen atoms in total. The van der Waals surface area contributed by atoms with E-state index in [4.69, 9.17) is 4.74 Å². The van der Waals surface area contributed by atoms with Gasteiger partial charge in [0.2, 0.25) is 0 Å². The lowest BCUT2D eigenvalue weighted by atomic mass is 9.96. The number of hydrogen-bond donors (Lipinski definition) is 1. The van der Waals surface area contributed by atoms with E-state index in [0.717, 1.165) is 66.8 Å². The Morgan fingerprint density at radius 1 is 1.28 bits per heavy atom. The number of hydrogen-bond acceptors (Lipinski definition) is 5. The molecule has 2 aromatic rings. The Kier molecular flexibility index (Phi) is 7.67. The predicted octanol–water partition coefficient (Wildman–Crippen LogP) is 4.30. The summed E-state index contributed by atoms with van der Waals surface area (Å²) in [7, 11) is 1.69. The second-order valence-corrected chi connectivity index (χ2v) is 9.48. The highest BCUT2D eigenvalue weighted by Gasteiger charge is 2.21. The molecule has 0 bridgehead atoms. The third kappa shape index (κ3) is 6.28. The highest BCUT2D eigenvalue weighted by Crippen LogP contribution is 2.22. The van der Waals surface area contributed by atoms with Crippen molar-refractivity contribution in [2.45, 2.75) is 46.6 Å². The van der Waals surface area contributed by atoms with Crippen LogP contribution in [0.3, 0.4) is 0 Å². The monoisotopic (exact) mass is 415 g/mol. The summed E-state index contributed by atoms with van der Waals surface area (Å²) in [4.78, 5) is 20.4. The minimum Gasteiger partial charge on any atom is -0.497 e. The third-order valence-corrected chi connectivity index (χ3v) is 6.63. The molecule has 1 saturated heterocycles. The summed E-state index contributed by atoms with van der Waals surface area (Å²) in [5, 5.41) is 4.22. The SMILES string of the molecule is COc1ccc(CN2CCC(CNC(=O)c3sc(CC(C)C)nc3C)CC2)cc1. The van der Waals surface area contributed by atoms with Crippen LogP contribution in [0.25, 0.3) is 0 Å². The first kappa shape index (κ1) is 21.8. The van der Waals surface area contributed by atoms with Gasteiger partial charge in [0.05, 0.1) is 17.8 Å². The van der Waals surface area contributed by atoms with Crippen molar-refractivity contribution in [2.75, 3.05) is 26.7 Å². The second-order valence-electron chi connectivity index (χ2n) is 8.40. The molecule has 158 valence electrons. The van der Waals surface area contributed by atoms with Gasteiger partial charge < -0.3 is 10.1 Å². The Labute approximate surface area is 178 Å². The first-order chi connectivity index (χ1) is 13.9. The number of carbonyl (C=O) groups is 1. The third-order valence-electron chi connectivity index (χ3n) is 5.45. The molecule has 0 atom stereocenters. The smallest absolute Gasteiger partial charge is 0.263 e. The molecule has 2 heterocycles. The standard InChI is InChI=1S/C23H33N3O2S/c1-16(2)13-21-25-17(3)22(29-21)23(27)24-14-18-9-11-26(12-10-18)15-19-5-7-20(28-4)8-6-19/h5-8,16,18H,9-15H2,1-4H3,(H,24,27). The molecule has 1 aliphatic rings. The van der Waals surface area contributed by atoms with Gasteiger partial charge in [0.25, 0.3) is 5.91 Å². The van der Waals surface area contributed by atoms with Crippen molar-refractivity contribution >= 4 is 17.2 Å². The van der Waals surface area contributed by atoms with Crippen molar-refractivity contribution in [3.05, 3.63) is 45.4 Å². The largest absolute Gasteiger partial charge is 0.497 e. The summed E-state index contributed by atoms with van der Waals surface area (Å²) in [6, 6.07) is 8.31. The summed E-state index contributed by atoms with van der Waals surface area (Å²) in [6.45, 7) is 10.2. The topological polar surface area (TPSA) is 54.5 Å². The molecule has 1 aromatic heterocycles. The number of benzene rings is 1. The lowest BCUT2D eigenvalue weighted by molar-refractivity contribution is 0.0938. The molecule has 1 fully saturated rings. The fraction of sp³-hybridized carbons (Fsp3) is 0.565. The number of ether oxygens (including phenoxy) is 1. The maximum atomic E-state index is 12.6. The number of nitrogens with zero attached hydrogens (tertiary/aromatic N) is 2. The highest BCUT2D eigenvalue weighted by atomic mass is 32.1. The Hall–Kier alpha value is -1.92. The van der Waals surface area contributed by atoms with Crippen molar-refractivity contribution in [1.82, 2.24) is 15.2 Å². The molecule has 1 aromatic carbocycles. The van der Waals surface area contributed by atoms with Gasteiger partial charge in [0.1, 0.15) is 10.6 Å². The van der Waals surface area contributed by atoms with Gasteiger partial charge in [-0.1, -0.05) is 26.0 Å². The molecule has 3 rings (SSSR count). The number of rotatable bonds is 8. The number of aryl methyl sites for hydroxylation is 1. The van der Waals surface area contributed by atoms with E-state index in [0.29, 0.717) is 11.8 Å². The lowest BCUT2D eigenvalue weighted by Crippen LogP contribution is -2.38. The number of nitrogens with one attached hydrogen (secondary N) is 1. The predicted molar refractivity (Wildman–Crippen MR) is 119 cm³/mol. The Morgan fingerprint density at radius 3 is 2.59 bits per heavy atom. The molecular weight excluding hydrogens is 382 g/mol. The van der Waals surface area contributed by atoms with Gasteiger partial charge in [-0.2, -0.15) is 0 Å². The highest BCUT2D eigenvalue weighted by molar-refractivity contribution is 7.13. The maximum absolute atomic E-state index is 12.6. The molecule has 1 amide bonds. The van der Waals surface area contributed by atoms with Crippen molar-refractivity contribution in [2.24, 2.45) is 11.8 Å². The molecule has 0 spiro atoms. The fourth-order valence-corrected chi connectivity index (χ4v) is 4.95. The number of aromatic nitrogens is 1. The van der Waals surface area contributed by atoms with Gasteiger partial charge >= 0.3 is 0 Å². The van der Waals surface area contributed by atoms with Gasteiger partial charge in [-0.3, -0.25) is 9.69 Å². The summed E-state index contributed by atoms with van der Waals surface area (Å²) >= 11 is 1.55. The van der Waals surface area contributed by atoms with E-state index in [9.17, 15) is 4.79 Å². The van der Waals surface area contributed by atoms with E-state index in [1.807, 2.05) is 19.1 Å². The molecule has 1 N–H and O–H groups in total. The van der Waals surface area contributed by atoms with E-state index in [-0.39, 0.29) is 5.91 Å². The second kappa shape index (κ2) is 10.2. The average Bonchev–Trinajstić information content (AvgIpc) is 3.07. The summed E-state index contributed by atoms with van der Waals surface area (Å²) in [6.07, 6.45) is 3.18. The van der Waals surface area contributed by atoms with Gasteiger partial charge in [-0.25, -0.2) is 4.98 Å². The number of carbonyl (C=O) groups excluding carboxylic acids is 1. The van der Waals surface area contributed by atoms with E-state index < -0.39 is 0 Å². The number of thiazole rings is 1. The average molecular weight is 416 g/mol. The number of amides is 1. The van der Waals surface area contributed by atoms with Crippen molar-refractivity contribution in [1.29, 1.82) is 0 Å². The number of methoxy groups -OCH3 is 1. The van der Waals surface area contributed by atoms with E-state index in [2.05, 4.69) is 41.2 Å². The van der Waals surface area contributed by atoms with Crippen LogP contribution in [-0.4, -0.2) is 42.5 Å². The Morgan fingerprint density at radius 2 is 1.97 bits per heavy atom. The zero-order chi connectivity index (χ0) is 20.8. The molecular formula is C23H33N3O2S. The molecule has 0 saturated carbocycles. The van der Waals surface area contributed by atoms with Crippen LogP contribution in [0.15, 0.2) is 24.3 Å². The van der Waals surface area contributed by atoms with E-state index in [1.54, 1.807) is 18.4 Å². The molecule has 6 heteroatoms. The van der Waals surface area contributed by atoms with Crippen LogP contribution in [0.4, 0.5) is 0 Å². The minimum atomic E-state index is 0.0377. The normalized spacial score (nSPS) is 15.6. The first-order valence-electron chi connectivity index (χ1n) is 10.5. The van der Waals surface area contributed by atoms with Crippen LogP contribution in [0.2, 0.25) is 0 Å². The van der Waals surface area contributed by atoms with Gasteiger partial charge in [0, 0.05) is 19.5 Å². The van der Waals surface area contributed by atoms with Crippen LogP contribution >= 0.6 is 11.3 Å². The van der Waals surface area contributed by atoms with Crippen LogP contribution < -0.4 is 10.1 Å². The van der Waals surface area contributed by atoms with Crippen LogP contribution in [0.5, 0.6) is 5.75 Å². The van der Waals surface area contributed by atoms with Gasteiger partial charge in [-0.05, 0) is 62.4 Å². The minimum absolute atomic E-state index is 0.0377. The number of piperidine rings is 1. The lowest BCUT2D eigenvalue weighted by Gasteiger charge is -2.32. The zero-order valence-corrected chi connectivity index (χ0v) is 18.8. The first-order valence-corrected chi connectivity index (χ1v) is 11.4. The molecule has 0 radical (unpaired) electrons. The summed E-state index contributed by atoms with van der Waals surface area (Å²) in [5.41, 5.74) is 2.17. The van der Waals surface area contributed by atoms with Crippen molar-refractivity contribution in [3.8, 4) is 5.75 Å². The fourth-order valence-electron chi connectivity index (χ4n) is 3.75. The maximum Gasteiger partial charge on any atom is 0.263 e. The van der Waals surface area contributed by atoms with E-state index in [1.165, 1.54) is 5.56 Å². The zero-order valence-electron chi connectivity index (χ0n) is 18.0. The van der Waals surface area contributed by atoms with Crippen LogP contribution in [0, 0.1) is 18.8 Å². The van der Waals surface area contributed by atoms with Crippen LogP contribution in [0.1, 0.15) is 52.6 Å². The Balaban J connectivity index is 1.42. The van der Waals surface area contributed by atoms with E-state index >= 15 is 0 Å². The Bertz CT molecular complexity index is 793. The van der Waals surface area contributed by atoms with Gasteiger partial charge in [0.15, 0.2) is 0 Å². The molecule has 1 aliphatic heterocycles. The molecule has 0 aliphatic carbocycles.